The number of hydrogen-bond donors (Lipinski definition) is 1. The highest BCUT2D eigenvalue weighted by atomic mass is 16.5. The first-order valence-corrected chi connectivity index (χ1v) is 7.73. The van der Waals surface area contributed by atoms with Crippen LogP contribution in [0.1, 0.15) is 24.5 Å². The topological polar surface area (TPSA) is 47.6 Å². The minimum Gasteiger partial charge on any atom is -0.497 e. The summed E-state index contributed by atoms with van der Waals surface area (Å²) in [5, 5.41) is 2.98. The molecule has 23 heavy (non-hydrogen) atoms. The van der Waals surface area contributed by atoms with Crippen molar-refractivity contribution in [2.24, 2.45) is 0 Å². The van der Waals surface area contributed by atoms with Crippen LogP contribution in [0.25, 0.3) is 0 Å². The largest absolute Gasteiger partial charge is 0.497 e. The van der Waals surface area contributed by atoms with E-state index >= 15 is 0 Å². The van der Waals surface area contributed by atoms with E-state index in [-0.39, 0.29) is 5.91 Å². The number of rotatable bonds is 6. The Bertz CT molecular complexity index is 645. The molecule has 2 aromatic carbocycles. The Hall–Kier alpha value is -2.49. The molecule has 0 spiro atoms. The number of carbonyl (C=O) groups excluding carboxylic acids is 1. The second-order valence-electron chi connectivity index (χ2n) is 5.45. The number of para-hydroxylation sites is 1. The van der Waals surface area contributed by atoms with E-state index in [1.165, 1.54) is 0 Å². The molecule has 4 heteroatoms. The molecule has 0 heterocycles. The van der Waals surface area contributed by atoms with Crippen LogP contribution in [0.5, 0.6) is 11.5 Å². The van der Waals surface area contributed by atoms with Crippen molar-refractivity contribution in [3.05, 3.63) is 53.6 Å². The summed E-state index contributed by atoms with van der Waals surface area (Å²) in [6.07, 6.45) is 0.0467. The third-order valence-electron chi connectivity index (χ3n) is 3.73. The molecule has 0 aromatic heterocycles. The number of hydrogen-bond acceptors (Lipinski definition) is 3. The van der Waals surface area contributed by atoms with Crippen LogP contribution < -0.4 is 14.8 Å². The quantitative estimate of drug-likeness (QED) is 0.873. The standard InChI is InChI=1S/C19H23NO3/c1-5-17(23-16-11-9-15(22-4)10-12-16)19(21)20-18-13(2)7-6-8-14(18)3/h6-12,17H,5H2,1-4H3,(H,20,21)/t17-/m1/s1. The predicted octanol–water partition coefficient (Wildman–Crippen LogP) is 4.11. The molecule has 0 bridgehead atoms. The molecule has 122 valence electrons. The van der Waals surface area contributed by atoms with Gasteiger partial charge in [0.2, 0.25) is 0 Å². The molecule has 1 N–H and O–H groups in total. The summed E-state index contributed by atoms with van der Waals surface area (Å²) in [4.78, 5) is 12.5. The van der Waals surface area contributed by atoms with Crippen molar-refractivity contribution in [1.82, 2.24) is 0 Å². The number of nitrogens with one attached hydrogen (secondary N) is 1. The smallest absolute Gasteiger partial charge is 0.265 e. The number of ether oxygens (including phenoxy) is 2. The maximum Gasteiger partial charge on any atom is 0.265 e. The maximum atomic E-state index is 12.5. The summed E-state index contributed by atoms with van der Waals surface area (Å²) in [7, 11) is 1.61. The fourth-order valence-corrected chi connectivity index (χ4v) is 2.36. The zero-order valence-corrected chi connectivity index (χ0v) is 14.1. The highest BCUT2D eigenvalue weighted by Crippen LogP contribution is 2.22. The lowest BCUT2D eigenvalue weighted by Crippen LogP contribution is -2.32. The average Bonchev–Trinajstić information content (AvgIpc) is 2.56. The van der Waals surface area contributed by atoms with Crippen LogP contribution in [-0.4, -0.2) is 19.1 Å². The van der Waals surface area contributed by atoms with Gasteiger partial charge in [-0.2, -0.15) is 0 Å². The van der Waals surface area contributed by atoms with E-state index in [9.17, 15) is 4.79 Å². The fraction of sp³-hybridized carbons (Fsp3) is 0.316. The Balaban J connectivity index is 2.09. The van der Waals surface area contributed by atoms with Crippen molar-refractivity contribution in [3.8, 4) is 11.5 Å². The summed E-state index contributed by atoms with van der Waals surface area (Å²) in [5.41, 5.74) is 2.93. The van der Waals surface area contributed by atoms with Gasteiger partial charge in [0.25, 0.3) is 5.91 Å². The Kier molecular flexibility index (Phi) is 5.63. The minimum atomic E-state index is -0.539. The number of methoxy groups -OCH3 is 1. The van der Waals surface area contributed by atoms with Crippen molar-refractivity contribution < 1.29 is 14.3 Å². The van der Waals surface area contributed by atoms with E-state index in [1.54, 1.807) is 19.2 Å². The lowest BCUT2D eigenvalue weighted by molar-refractivity contribution is -0.122. The van der Waals surface area contributed by atoms with Crippen molar-refractivity contribution >= 4 is 11.6 Å². The van der Waals surface area contributed by atoms with Gasteiger partial charge in [-0.1, -0.05) is 25.1 Å². The highest BCUT2D eigenvalue weighted by Gasteiger charge is 2.19. The molecule has 0 radical (unpaired) electrons. The van der Waals surface area contributed by atoms with Gasteiger partial charge >= 0.3 is 0 Å². The number of carbonyl (C=O) groups is 1. The predicted molar refractivity (Wildman–Crippen MR) is 92.2 cm³/mol. The second kappa shape index (κ2) is 7.68. The van der Waals surface area contributed by atoms with Gasteiger partial charge in [0.05, 0.1) is 7.11 Å². The molecule has 0 unspecified atom stereocenters. The third kappa shape index (κ3) is 4.25. The fourth-order valence-electron chi connectivity index (χ4n) is 2.36. The van der Waals surface area contributed by atoms with E-state index < -0.39 is 6.10 Å². The summed E-state index contributed by atoms with van der Waals surface area (Å²) in [5.74, 6) is 1.26. The lowest BCUT2D eigenvalue weighted by atomic mass is 10.1. The van der Waals surface area contributed by atoms with E-state index in [0.29, 0.717) is 12.2 Å². The van der Waals surface area contributed by atoms with Crippen LogP contribution in [0, 0.1) is 13.8 Å². The van der Waals surface area contributed by atoms with Gasteiger partial charge in [-0.3, -0.25) is 4.79 Å². The molecular weight excluding hydrogens is 290 g/mol. The monoisotopic (exact) mass is 313 g/mol. The van der Waals surface area contributed by atoms with Crippen LogP contribution in [0.2, 0.25) is 0 Å². The van der Waals surface area contributed by atoms with Gasteiger partial charge < -0.3 is 14.8 Å². The molecule has 1 atom stereocenters. The third-order valence-corrected chi connectivity index (χ3v) is 3.73. The van der Waals surface area contributed by atoms with Gasteiger partial charge in [-0.05, 0) is 55.7 Å². The molecule has 2 aromatic rings. The Morgan fingerprint density at radius 1 is 1.04 bits per heavy atom. The van der Waals surface area contributed by atoms with E-state index in [4.69, 9.17) is 9.47 Å². The molecule has 0 saturated carbocycles. The molecule has 2 rings (SSSR count). The molecule has 0 fully saturated rings. The van der Waals surface area contributed by atoms with Crippen molar-refractivity contribution in [2.75, 3.05) is 12.4 Å². The van der Waals surface area contributed by atoms with Gasteiger partial charge in [0.1, 0.15) is 11.5 Å². The molecular formula is C19H23NO3. The van der Waals surface area contributed by atoms with Crippen molar-refractivity contribution in [3.63, 3.8) is 0 Å². The van der Waals surface area contributed by atoms with Crippen LogP contribution >= 0.6 is 0 Å². The summed E-state index contributed by atoms with van der Waals surface area (Å²) in [6.45, 7) is 5.89. The lowest BCUT2D eigenvalue weighted by Gasteiger charge is -2.19. The van der Waals surface area contributed by atoms with Crippen LogP contribution in [0.3, 0.4) is 0 Å². The number of benzene rings is 2. The molecule has 0 aliphatic heterocycles. The van der Waals surface area contributed by atoms with Crippen molar-refractivity contribution in [2.45, 2.75) is 33.3 Å². The minimum absolute atomic E-state index is 0.138. The Labute approximate surface area is 137 Å². The first-order chi connectivity index (χ1) is 11.0. The van der Waals surface area contributed by atoms with Crippen LogP contribution in [0.4, 0.5) is 5.69 Å². The van der Waals surface area contributed by atoms with Gasteiger partial charge in [-0.15, -0.1) is 0 Å². The zero-order chi connectivity index (χ0) is 16.8. The molecule has 0 aliphatic rings. The average molecular weight is 313 g/mol. The van der Waals surface area contributed by atoms with Gasteiger partial charge in [0, 0.05) is 5.69 Å². The van der Waals surface area contributed by atoms with Crippen LogP contribution in [0.15, 0.2) is 42.5 Å². The number of aryl methyl sites for hydroxylation is 2. The van der Waals surface area contributed by atoms with Gasteiger partial charge in [-0.25, -0.2) is 0 Å². The highest BCUT2D eigenvalue weighted by molar-refractivity contribution is 5.95. The Morgan fingerprint density at radius 3 is 2.13 bits per heavy atom. The normalized spacial score (nSPS) is 11.7. The molecule has 0 saturated heterocycles. The summed E-state index contributed by atoms with van der Waals surface area (Å²) < 4.78 is 10.9. The molecule has 0 aliphatic carbocycles. The van der Waals surface area contributed by atoms with Gasteiger partial charge in [0.15, 0.2) is 6.10 Å². The SMILES string of the molecule is CC[C@@H](Oc1ccc(OC)cc1)C(=O)Nc1c(C)cccc1C. The van der Waals surface area contributed by atoms with Crippen molar-refractivity contribution in [1.29, 1.82) is 0 Å². The first-order valence-electron chi connectivity index (χ1n) is 7.73. The number of anilines is 1. The molecule has 4 nitrogen and oxygen atoms in total. The maximum absolute atomic E-state index is 12.5. The number of amides is 1. The summed E-state index contributed by atoms with van der Waals surface area (Å²) in [6, 6.07) is 13.2. The van der Waals surface area contributed by atoms with E-state index in [1.807, 2.05) is 51.1 Å². The first kappa shape index (κ1) is 16.9. The second-order valence-corrected chi connectivity index (χ2v) is 5.45. The Morgan fingerprint density at radius 2 is 1.61 bits per heavy atom. The van der Waals surface area contributed by atoms with Crippen LogP contribution in [-0.2, 0) is 4.79 Å². The van der Waals surface area contributed by atoms with E-state index in [0.717, 1.165) is 22.6 Å². The zero-order valence-electron chi connectivity index (χ0n) is 14.1. The van der Waals surface area contributed by atoms with E-state index in [2.05, 4.69) is 5.32 Å². The summed E-state index contributed by atoms with van der Waals surface area (Å²) >= 11 is 0. The molecule has 1 amide bonds.